The fourth-order valence-electron chi connectivity index (χ4n) is 2.17. The van der Waals surface area contributed by atoms with E-state index in [1.54, 1.807) is 14.2 Å². The van der Waals surface area contributed by atoms with Crippen LogP contribution in [0.3, 0.4) is 0 Å². The molecule has 9 nitrogen and oxygen atoms in total. The maximum absolute atomic E-state index is 5.44. The minimum absolute atomic E-state index is 0.173. The van der Waals surface area contributed by atoms with Crippen LogP contribution in [-0.4, -0.2) is 75.1 Å². The van der Waals surface area contributed by atoms with Gasteiger partial charge in [-0.3, -0.25) is 4.99 Å². The fourth-order valence-corrected chi connectivity index (χ4v) is 2.17. The molecule has 0 saturated carbocycles. The molecule has 0 bridgehead atoms. The highest BCUT2D eigenvalue weighted by molar-refractivity contribution is 5.79. The molecule has 2 N–H and O–H groups in total. The average Bonchev–Trinajstić information content (AvgIpc) is 3.07. The van der Waals surface area contributed by atoms with Gasteiger partial charge < -0.3 is 29.5 Å². The summed E-state index contributed by atoms with van der Waals surface area (Å²) in [5.74, 6) is 1.75. The zero-order chi connectivity index (χ0) is 18.5. The van der Waals surface area contributed by atoms with Crippen LogP contribution >= 0.6 is 0 Å². The Morgan fingerprint density at radius 3 is 2.84 bits per heavy atom. The van der Waals surface area contributed by atoms with Gasteiger partial charge in [-0.05, 0) is 27.3 Å². The molecule has 1 rings (SSSR count). The molecular formula is C16H32N6O3. The number of hydrogen-bond acceptors (Lipinski definition) is 7. The summed E-state index contributed by atoms with van der Waals surface area (Å²) in [6.45, 7) is 8.36. The maximum atomic E-state index is 5.44. The zero-order valence-corrected chi connectivity index (χ0v) is 16.0. The van der Waals surface area contributed by atoms with Crippen molar-refractivity contribution in [2.75, 3.05) is 54.1 Å². The van der Waals surface area contributed by atoms with E-state index in [2.05, 4.69) is 37.7 Å². The van der Waals surface area contributed by atoms with E-state index in [4.69, 9.17) is 14.0 Å². The number of hydrogen-bond donors (Lipinski definition) is 2. The van der Waals surface area contributed by atoms with Crippen LogP contribution in [0.4, 0.5) is 0 Å². The van der Waals surface area contributed by atoms with Gasteiger partial charge in [-0.1, -0.05) is 5.16 Å². The summed E-state index contributed by atoms with van der Waals surface area (Å²) in [7, 11) is 5.54. The maximum Gasteiger partial charge on any atom is 0.246 e. The van der Waals surface area contributed by atoms with Crippen LogP contribution in [0.2, 0.25) is 0 Å². The molecule has 1 aromatic rings. The lowest BCUT2D eigenvalue weighted by Gasteiger charge is -2.17. The van der Waals surface area contributed by atoms with E-state index >= 15 is 0 Å². The zero-order valence-electron chi connectivity index (χ0n) is 16.0. The standard InChI is InChI=1S/C16H32N6O3/c1-6-24-13(2)15-20-14(25-21-15)12-19-16(17-3)18-8-10-22(4)9-7-11-23-5/h13H,6-12H2,1-5H3,(H2,17,18,19). The quantitative estimate of drug-likeness (QED) is 0.322. The Morgan fingerprint density at radius 1 is 1.36 bits per heavy atom. The molecule has 1 heterocycles. The van der Waals surface area contributed by atoms with E-state index < -0.39 is 0 Å². The number of aromatic nitrogens is 2. The van der Waals surface area contributed by atoms with E-state index in [9.17, 15) is 0 Å². The van der Waals surface area contributed by atoms with Gasteiger partial charge in [-0.25, -0.2) is 0 Å². The van der Waals surface area contributed by atoms with Crippen LogP contribution in [-0.2, 0) is 16.0 Å². The van der Waals surface area contributed by atoms with Gasteiger partial charge in [-0.15, -0.1) is 0 Å². The number of rotatable bonds is 12. The topological polar surface area (TPSA) is 97.0 Å². The van der Waals surface area contributed by atoms with Crippen molar-refractivity contribution in [2.24, 2.45) is 4.99 Å². The third kappa shape index (κ3) is 8.80. The predicted octanol–water partition coefficient (Wildman–Crippen LogP) is 0.800. The van der Waals surface area contributed by atoms with Crippen molar-refractivity contribution in [1.82, 2.24) is 25.7 Å². The third-order valence-corrected chi connectivity index (χ3v) is 3.57. The van der Waals surface area contributed by atoms with Gasteiger partial charge in [0.15, 0.2) is 11.8 Å². The van der Waals surface area contributed by atoms with Crippen molar-refractivity contribution in [1.29, 1.82) is 0 Å². The first-order valence-corrected chi connectivity index (χ1v) is 8.66. The minimum Gasteiger partial charge on any atom is -0.385 e. The lowest BCUT2D eigenvalue weighted by molar-refractivity contribution is 0.0683. The number of aliphatic imine (C=N–C) groups is 1. The molecule has 25 heavy (non-hydrogen) atoms. The predicted molar refractivity (Wildman–Crippen MR) is 96.5 cm³/mol. The molecule has 0 amide bonds. The number of methoxy groups -OCH3 is 1. The number of nitrogens with one attached hydrogen (secondary N) is 2. The van der Waals surface area contributed by atoms with Gasteiger partial charge in [-0.2, -0.15) is 4.98 Å². The molecule has 1 unspecified atom stereocenters. The molecule has 1 atom stereocenters. The molecule has 9 heteroatoms. The number of guanidine groups is 1. The molecule has 0 spiro atoms. The second-order valence-electron chi connectivity index (χ2n) is 5.65. The molecule has 0 aliphatic rings. The molecule has 1 aromatic heterocycles. The van der Waals surface area contributed by atoms with Crippen molar-refractivity contribution in [3.8, 4) is 0 Å². The van der Waals surface area contributed by atoms with E-state index in [0.717, 1.165) is 32.7 Å². The van der Waals surface area contributed by atoms with E-state index in [0.29, 0.717) is 30.8 Å². The summed E-state index contributed by atoms with van der Waals surface area (Å²) in [5.41, 5.74) is 0. The molecule has 0 aliphatic heterocycles. The van der Waals surface area contributed by atoms with Gasteiger partial charge in [0.25, 0.3) is 0 Å². The van der Waals surface area contributed by atoms with E-state index in [1.165, 1.54) is 0 Å². The monoisotopic (exact) mass is 356 g/mol. The van der Waals surface area contributed by atoms with Crippen molar-refractivity contribution >= 4 is 5.96 Å². The number of likely N-dealkylation sites (N-methyl/N-ethyl adjacent to an activating group) is 1. The Labute approximate surface area is 150 Å². The van der Waals surface area contributed by atoms with Crippen LogP contribution in [0.5, 0.6) is 0 Å². The Balaban J connectivity index is 2.28. The summed E-state index contributed by atoms with van der Waals surface area (Å²) in [6.07, 6.45) is 0.855. The van der Waals surface area contributed by atoms with E-state index in [-0.39, 0.29) is 6.10 Å². The molecule has 144 valence electrons. The highest BCUT2D eigenvalue weighted by Gasteiger charge is 2.13. The van der Waals surface area contributed by atoms with Gasteiger partial charge in [0.2, 0.25) is 5.89 Å². The van der Waals surface area contributed by atoms with Gasteiger partial charge in [0.1, 0.15) is 6.10 Å². The lowest BCUT2D eigenvalue weighted by Crippen LogP contribution is -2.40. The number of nitrogens with zero attached hydrogens (tertiary/aromatic N) is 4. The van der Waals surface area contributed by atoms with Crippen LogP contribution in [0.25, 0.3) is 0 Å². The summed E-state index contributed by atoms with van der Waals surface area (Å²) in [5, 5.41) is 10.4. The van der Waals surface area contributed by atoms with E-state index in [1.807, 2.05) is 13.8 Å². The second kappa shape index (κ2) is 12.6. The SMILES string of the molecule is CCOC(C)c1noc(CNC(=NC)NCCN(C)CCCOC)n1. The molecule has 0 aromatic carbocycles. The Bertz CT molecular complexity index is 494. The highest BCUT2D eigenvalue weighted by atomic mass is 16.5. The largest absolute Gasteiger partial charge is 0.385 e. The third-order valence-electron chi connectivity index (χ3n) is 3.57. The smallest absolute Gasteiger partial charge is 0.246 e. The summed E-state index contributed by atoms with van der Waals surface area (Å²) in [6, 6.07) is 0. The second-order valence-corrected chi connectivity index (χ2v) is 5.65. The minimum atomic E-state index is -0.173. The molecule has 0 radical (unpaired) electrons. The summed E-state index contributed by atoms with van der Waals surface area (Å²) >= 11 is 0. The van der Waals surface area contributed by atoms with Crippen LogP contribution < -0.4 is 10.6 Å². The van der Waals surface area contributed by atoms with Gasteiger partial charge >= 0.3 is 0 Å². The van der Waals surface area contributed by atoms with Gasteiger partial charge in [0.05, 0.1) is 6.54 Å². The van der Waals surface area contributed by atoms with Crippen molar-refractivity contribution in [2.45, 2.75) is 32.9 Å². The van der Waals surface area contributed by atoms with Crippen molar-refractivity contribution in [3.05, 3.63) is 11.7 Å². The normalized spacial score (nSPS) is 13.3. The van der Waals surface area contributed by atoms with Crippen LogP contribution in [0.15, 0.2) is 9.52 Å². The van der Waals surface area contributed by atoms with Crippen LogP contribution in [0, 0.1) is 0 Å². The molecule has 0 fully saturated rings. The first-order chi connectivity index (χ1) is 12.1. The Kier molecular flexibility index (Phi) is 10.8. The Hall–Kier alpha value is -1.71. The fraction of sp³-hybridized carbons (Fsp3) is 0.812. The first-order valence-electron chi connectivity index (χ1n) is 8.66. The molecular weight excluding hydrogens is 324 g/mol. The highest BCUT2D eigenvalue weighted by Crippen LogP contribution is 2.12. The number of ether oxygens (including phenoxy) is 2. The molecule has 0 aliphatic carbocycles. The first kappa shape index (κ1) is 21.3. The van der Waals surface area contributed by atoms with Crippen LogP contribution in [0.1, 0.15) is 38.1 Å². The van der Waals surface area contributed by atoms with Gasteiger partial charge in [0, 0.05) is 47.0 Å². The van der Waals surface area contributed by atoms with Crippen molar-refractivity contribution in [3.63, 3.8) is 0 Å². The molecule has 0 saturated heterocycles. The lowest BCUT2D eigenvalue weighted by atomic mass is 10.4. The summed E-state index contributed by atoms with van der Waals surface area (Å²) < 4.78 is 15.7. The summed E-state index contributed by atoms with van der Waals surface area (Å²) in [4.78, 5) is 10.8. The van der Waals surface area contributed by atoms with Crippen molar-refractivity contribution < 1.29 is 14.0 Å². The Morgan fingerprint density at radius 2 is 2.16 bits per heavy atom. The average molecular weight is 356 g/mol.